The Bertz CT molecular complexity index is 544. The highest BCUT2D eigenvalue weighted by Crippen LogP contribution is 2.21. The molecular formula is C15H22N4O2. The van der Waals surface area contributed by atoms with E-state index in [1.165, 1.54) is 0 Å². The first kappa shape index (κ1) is 15.3. The summed E-state index contributed by atoms with van der Waals surface area (Å²) >= 11 is 0. The number of rotatable bonds is 4. The molecule has 1 unspecified atom stereocenters. The minimum Gasteiger partial charge on any atom is -0.398 e. The molecule has 1 fully saturated rings. The van der Waals surface area contributed by atoms with Gasteiger partial charge in [0.1, 0.15) is 0 Å². The monoisotopic (exact) mass is 290 g/mol. The molecule has 1 atom stereocenters. The van der Waals surface area contributed by atoms with E-state index in [2.05, 4.69) is 5.32 Å². The quantitative estimate of drug-likeness (QED) is 0.716. The standard InChI is InChI=1S/C15H22N4O2/c1-10-11(16)5-4-6-12(10)18-14(20)9-19-8-3-2-7-13(19)15(17)21/h4-6,13H,2-3,7-9,16H2,1H3,(H2,17,21)(H,18,20). The lowest BCUT2D eigenvalue weighted by molar-refractivity contribution is -0.126. The Hall–Kier alpha value is -2.08. The average Bonchev–Trinajstić information content (AvgIpc) is 2.44. The van der Waals surface area contributed by atoms with Crippen molar-refractivity contribution in [2.75, 3.05) is 24.1 Å². The molecule has 0 aliphatic carbocycles. The van der Waals surface area contributed by atoms with Crippen molar-refractivity contribution in [3.05, 3.63) is 23.8 Å². The number of likely N-dealkylation sites (tertiary alicyclic amines) is 1. The highest BCUT2D eigenvalue weighted by atomic mass is 16.2. The summed E-state index contributed by atoms with van der Waals surface area (Å²) < 4.78 is 0. The van der Waals surface area contributed by atoms with Gasteiger partial charge < -0.3 is 16.8 Å². The van der Waals surface area contributed by atoms with Crippen molar-refractivity contribution in [2.24, 2.45) is 5.73 Å². The zero-order valence-corrected chi connectivity index (χ0v) is 12.3. The van der Waals surface area contributed by atoms with Crippen molar-refractivity contribution in [1.29, 1.82) is 0 Å². The van der Waals surface area contributed by atoms with E-state index < -0.39 is 0 Å². The Balaban J connectivity index is 2.00. The van der Waals surface area contributed by atoms with Crippen molar-refractivity contribution in [3.63, 3.8) is 0 Å². The van der Waals surface area contributed by atoms with Crippen molar-refractivity contribution in [2.45, 2.75) is 32.2 Å². The maximum absolute atomic E-state index is 12.2. The van der Waals surface area contributed by atoms with Gasteiger partial charge in [-0.15, -0.1) is 0 Å². The summed E-state index contributed by atoms with van der Waals surface area (Å²) in [6.45, 7) is 2.75. The molecule has 1 aromatic carbocycles. The van der Waals surface area contributed by atoms with Gasteiger partial charge in [-0.25, -0.2) is 0 Å². The molecule has 0 bridgehead atoms. The van der Waals surface area contributed by atoms with Crippen molar-refractivity contribution in [1.82, 2.24) is 4.90 Å². The third-order valence-electron chi connectivity index (χ3n) is 3.94. The number of carbonyl (C=O) groups is 2. The third kappa shape index (κ3) is 3.72. The lowest BCUT2D eigenvalue weighted by atomic mass is 10.0. The number of nitrogens with two attached hydrogens (primary N) is 2. The predicted molar refractivity (Wildman–Crippen MR) is 82.6 cm³/mol. The number of carbonyl (C=O) groups excluding carboxylic acids is 2. The fourth-order valence-corrected chi connectivity index (χ4v) is 2.67. The number of anilines is 2. The molecule has 1 aliphatic heterocycles. The van der Waals surface area contributed by atoms with E-state index in [1.807, 2.05) is 17.9 Å². The molecule has 6 nitrogen and oxygen atoms in total. The number of hydrogen-bond donors (Lipinski definition) is 3. The zero-order valence-electron chi connectivity index (χ0n) is 12.3. The molecule has 0 radical (unpaired) electrons. The summed E-state index contributed by atoms with van der Waals surface area (Å²) in [7, 11) is 0. The van der Waals surface area contributed by atoms with Gasteiger partial charge in [-0.3, -0.25) is 14.5 Å². The fraction of sp³-hybridized carbons (Fsp3) is 0.467. The topological polar surface area (TPSA) is 101 Å². The number of nitrogens with zero attached hydrogens (tertiary/aromatic N) is 1. The van der Waals surface area contributed by atoms with Crippen LogP contribution in [0.5, 0.6) is 0 Å². The van der Waals surface area contributed by atoms with Gasteiger partial charge in [-0.1, -0.05) is 12.5 Å². The van der Waals surface area contributed by atoms with E-state index in [0.717, 1.165) is 31.4 Å². The molecule has 1 aromatic rings. The van der Waals surface area contributed by atoms with Crippen LogP contribution in [0.3, 0.4) is 0 Å². The van der Waals surface area contributed by atoms with Gasteiger partial charge in [0.15, 0.2) is 0 Å². The highest BCUT2D eigenvalue weighted by Gasteiger charge is 2.28. The highest BCUT2D eigenvalue weighted by molar-refractivity contribution is 5.94. The van der Waals surface area contributed by atoms with Crippen LogP contribution in [-0.4, -0.2) is 35.8 Å². The maximum Gasteiger partial charge on any atom is 0.238 e. The van der Waals surface area contributed by atoms with E-state index in [-0.39, 0.29) is 24.4 Å². The second-order valence-electron chi connectivity index (χ2n) is 5.45. The fourth-order valence-electron chi connectivity index (χ4n) is 2.67. The smallest absolute Gasteiger partial charge is 0.238 e. The van der Waals surface area contributed by atoms with Gasteiger partial charge in [0, 0.05) is 11.4 Å². The largest absolute Gasteiger partial charge is 0.398 e. The number of nitrogens with one attached hydrogen (secondary N) is 1. The van der Waals surface area contributed by atoms with Crippen LogP contribution in [0.4, 0.5) is 11.4 Å². The molecule has 1 heterocycles. The molecule has 21 heavy (non-hydrogen) atoms. The van der Waals surface area contributed by atoms with E-state index >= 15 is 0 Å². The van der Waals surface area contributed by atoms with Gasteiger partial charge in [-0.05, 0) is 44.0 Å². The molecule has 0 aromatic heterocycles. The number of benzene rings is 1. The number of piperidine rings is 1. The van der Waals surface area contributed by atoms with Crippen LogP contribution in [0, 0.1) is 6.92 Å². The molecule has 1 saturated heterocycles. The normalized spacial score (nSPS) is 19.2. The lowest BCUT2D eigenvalue weighted by Gasteiger charge is -2.32. The van der Waals surface area contributed by atoms with E-state index in [0.29, 0.717) is 11.4 Å². The molecule has 6 heteroatoms. The van der Waals surface area contributed by atoms with Crippen LogP contribution in [-0.2, 0) is 9.59 Å². The maximum atomic E-state index is 12.2. The Morgan fingerprint density at radius 3 is 2.86 bits per heavy atom. The number of nitrogen functional groups attached to an aromatic ring is 1. The van der Waals surface area contributed by atoms with Crippen LogP contribution in [0.15, 0.2) is 18.2 Å². The summed E-state index contributed by atoms with van der Waals surface area (Å²) in [6.07, 6.45) is 2.67. The van der Waals surface area contributed by atoms with Crippen LogP contribution >= 0.6 is 0 Å². The van der Waals surface area contributed by atoms with Crippen molar-refractivity contribution in [3.8, 4) is 0 Å². The molecular weight excluding hydrogens is 268 g/mol. The molecule has 1 aliphatic rings. The van der Waals surface area contributed by atoms with Crippen LogP contribution in [0.2, 0.25) is 0 Å². The molecule has 5 N–H and O–H groups in total. The Morgan fingerprint density at radius 2 is 2.14 bits per heavy atom. The van der Waals surface area contributed by atoms with Gasteiger partial charge in [0.25, 0.3) is 0 Å². The molecule has 114 valence electrons. The van der Waals surface area contributed by atoms with E-state index in [9.17, 15) is 9.59 Å². The van der Waals surface area contributed by atoms with Crippen molar-refractivity contribution < 1.29 is 9.59 Å². The van der Waals surface area contributed by atoms with Gasteiger partial charge in [0.2, 0.25) is 11.8 Å². The minimum absolute atomic E-state index is 0.156. The van der Waals surface area contributed by atoms with E-state index in [1.54, 1.807) is 12.1 Å². The van der Waals surface area contributed by atoms with Gasteiger partial charge in [0.05, 0.1) is 12.6 Å². The van der Waals surface area contributed by atoms with E-state index in [4.69, 9.17) is 11.5 Å². The predicted octanol–water partition coefficient (Wildman–Crippen LogP) is 0.856. The summed E-state index contributed by atoms with van der Waals surface area (Å²) in [5.41, 5.74) is 13.4. The minimum atomic E-state index is -0.359. The van der Waals surface area contributed by atoms with Gasteiger partial charge in [-0.2, -0.15) is 0 Å². The number of amides is 2. The summed E-state index contributed by atoms with van der Waals surface area (Å²) in [5, 5.41) is 2.85. The Labute approximate surface area is 124 Å². The summed E-state index contributed by atoms with van der Waals surface area (Å²) in [4.78, 5) is 25.5. The Kier molecular flexibility index (Phi) is 4.80. The number of primary amides is 1. The summed E-state index contributed by atoms with van der Waals surface area (Å²) in [6, 6.07) is 5.06. The average molecular weight is 290 g/mol. The molecule has 2 amide bonds. The van der Waals surface area contributed by atoms with Crippen molar-refractivity contribution >= 4 is 23.2 Å². The molecule has 0 spiro atoms. The lowest BCUT2D eigenvalue weighted by Crippen LogP contribution is -2.50. The second-order valence-corrected chi connectivity index (χ2v) is 5.45. The SMILES string of the molecule is Cc1c(N)cccc1NC(=O)CN1CCCCC1C(N)=O. The van der Waals surface area contributed by atoms with Crippen LogP contribution < -0.4 is 16.8 Å². The first-order valence-electron chi connectivity index (χ1n) is 7.17. The third-order valence-corrected chi connectivity index (χ3v) is 3.94. The van der Waals surface area contributed by atoms with Crippen LogP contribution in [0.25, 0.3) is 0 Å². The molecule has 2 rings (SSSR count). The first-order chi connectivity index (χ1) is 9.99. The Morgan fingerprint density at radius 1 is 1.38 bits per heavy atom. The van der Waals surface area contributed by atoms with Gasteiger partial charge >= 0.3 is 0 Å². The zero-order chi connectivity index (χ0) is 15.4. The molecule has 0 saturated carbocycles. The second kappa shape index (κ2) is 6.58. The first-order valence-corrected chi connectivity index (χ1v) is 7.17. The summed E-state index contributed by atoms with van der Waals surface area (Å²) in [5.74, 6) is -0.514. The van der Waals surface area contributed by atoms with Crippen LogP contribution in [0.1, 0.15) is 24.8 Å². The number of hydrogen-bond acceptors (Lipinski definition) is 4.